The van der Waals surface area contributed by atoms with Crippen molar-refractivity contribution in [1.29, 1.82) is 0 Å². The Kier molecular flexibility index (Phi) is 2.09. The van der Waals surface area contributed by atoms with Crippen LogP contribution in [-0.4, -0.2) is 16.9 Å². The Hall–Kier alpha value is -0.240. The van der Waals surface area contributed by atoms with Crippen molar-refractivity contribution < 1.29 is 12.6 Å². The van der Waals surface area contributed by atoms with Crippen LogP contribution in [-0.2, 0) is 4.79 Å². The van der Waals surface area contributed by atoms with Gasteiger partial charge in [0.25, 0.3) is 0 Å². The van der Waals surface area contributed by atoms with Crippen LogP contribution in [0.3, 0.4) is 0 Å². The normalized spacial score (nSPS) is 15.0. The molecule has 42 valence electrons. The van der Waals surface area contributed by atoms with Crippen molar-refractivity contribution in [1.82, 2.24) is 0 Å². The van der Waals surface area contributed by atoms with Crippen molar-refractivity contribution in [2.24, 2.45) is 0 Å². The smallest absolute Gasteiger partial charge is 0.303 e. The van der Waals surface area contributed by atoms with Gasteiger partial charge in [0.15, 0.2) is 0 Å². The molecule has 0 atom stereocenters. The third-order valence-corrected chi connectivity index (χ3v) is 0.622. The van der Waals surface area contributed by atoms with E-state index in [-0.39, 0.29) is 12.8 Å². The number of alkyl halides is 1. The molecule has 3 heteroatoms. The summed E-state index contributed by atoms with van der Waals surface area (Å²) in [4.78, 5) is 9.82. The second-order valence-electron chi connectivity index (χ2n) is 1.03. The van der Waals surface area contributed by atoms with Crippen LogP contribution in [0.25, 0.3) is 0 Å². The lowest BCUT2D eigenvalue weighted by molar-refractivity contribution is -0.137. The molecule has 0 amide bonds. The first-order valence-corrected chi connectivity index (χ1v) is 2.20. The number of carboxylic acids is 1. The van der Waals surface area contributed by atoms with Gasteiger partial charge in [-0.25, -0.2) is 0 Å². The summed E-state index contributed by atoms with van der Waals surface area (Å²) in [6.07, 6.45) is -0.375. The fraction of sp³-hybridized carbons (Fsp3) is 0.750. The lowest BCUT2D eigenvalue weighted by atomic mass is 10.3. The van der Waals surface area contributed by atoms with E-state index in [0.29, 0.717) is 0 Å². The first kappa shape index (κ1) is 3.72. The average molecular weight is 125 g/mol. The van der Waals surface area contributed by atoms with Gasteiger partial charge < -0.3 is 5.11 Å². The zero-order valence-corrected chi connectivity index (χ0v) is 4.40. The lowest BCUT2D eigenvalue weighted by Gasteiger charge is -1.84. The van der Waals surface area contributed by atoms with Crippen LogP contribution in [0.2, 0.25) is 0 Å². The Bertz CT molecular complexity index is 110. The zero-order chi connectivity index (χ0) is 7.49. The number of rotatable bonds is 3. The maximum Gasteiger partial charge on any atom is 0.303 e. The van der Waals surface area contributed by atoms with Crippen molar-refractivity contribution in [3.05, 3.63) is 0 Å². The maximum atomic E-state index is 9.82. The fourth-order valence-electron chi connectivity index (χ4n) is 0.154. The van der Waals surface area contributed by atoms with Crippen LogP contribution in [0.5, 0.6) is 0 Å². The average Bonchev–Trinajstić information content (AvgIpc) is 1.59. The Morgan fingerprint density at radius 3 is 2.71 bits per heavy atom. The Morgan fingerprint density at radius 1 is 2.00 bits per heavy atom. The van der Waals surface area contributed by atoms with Gasteiger partial charge in [-0.05, 0) is 6.42 Å². The summed E-state index contributed by atoms with van der Waals surface area (Å²) in [6.45, 7) is 0. The molecule has 0 unspecified atom stereocenters. The highest BCUT2D eigenvalue weighted by Gasteiger charge is 1.91. The summed E-state index contributed by atoms with van der Waals surface area (Å²) in [5.41, 5.74) is 0. The second kappa shape index (κ2) is 3.93. The number of halogens is 1. The van der Waals surface area contributed by atoms with E-state index in [1.165, 1.54) is 0 Å². The molecule has 0 aromatic carbocycles. The van der Waals surface area contributed by atoms with Crippen LogP contribution in [0.15, 0.2) is 0 Å². The van der Waals surface area contributed by atoms with Crippen molar-refractivity contribution in [3.8, 4) is 0 Å². The quantitative estimate of drug-likeness (QED) is 0.572. The fourth-order valence-corrected chi connectivity index (χ4v) is 0.249. The highest BCUT2D eigenvalue weighted by molar-refractivity contribution is 6.17. The predicted octanol–water partition coefficient (Wildman–Crippen LogP) is 1.09. The van der Waals surface area contributed by atoms with Crippen LogP contribution < -0.4 is 0 Å². The molecule has 0 saturated carbocycles. The standard InChI is InChI=1S/C4H7ClO2/c5-3-1-2-4(6)7/h1-3H2,(H,6,7)/i3D2. The van der Waals surface area contributed by atoms with E-state index in [1.54, 1.807) is 0 Å². The summed E-state index contributed by atoms with van der Waals surface area (Å²) in [6, 6.07) is 0. The molecule has 0 heterocycles. The summed E-state index contributed by atoms with van der Waals surface area (Å²) in [5, 5.41) is 8.05. The third-order valence-electron chi connectivity index (χ3n) is 0.433. The molecule has 0 aromatic rings. The molecule has 0 fully saturated rings. The van der Waals surface area contributed by atoms with E-state index in [1.807, 2.05) is 0 Å². The maximum absolute atomic E-state index is 9.82. The van der Waals surface area contributed by atoms with Crippen LogP contribution in [0.4, 0.5) is 0 Å². The van der Waals surface area contributed by atoms with Crippen LogP contribution in [0, 0.1) is 0 Å². The summed E-state index contributed by atoms with van der Waals surface area (Å²) in [7, 11) is 0. The number of aliphatic carboxylic acids is 1. The molecule has 2 nitrogen and oxygen atoms in total. The first-order chi connectivity index (χ1) is 3.92. The molecule has 0 aliphatic carbocycles. The Balaban J connectivity index is 3.39. The molecule has 7 heavy (non-hydrogen) atoms. The molecule has 0 aliphatic heterocycles. The largest absolute Gasteiger partial charge is 0.481 e. The molecular weight excluding hydrogens is 115 g/mol. The molecule has 0 spiro atoms. The molecule has 1 N–H and O–H groups in total. The van der Waals surface area contributed by atoms with Crippen LogP contribution >= 0.6 is 11.6 Å². The minimum atomic E-state index is -1.88. The minimum Gasteiger partial charge on any atom is -0.481 e. The van der Waals surface area contributed by atoms with Crippen molar-refractivity contribution in [2.45, 2.75) is 12.8 Å². The first-order valence-electron chi connectivity index (χ1n) is 2.82. The molecule has 0 aromatic heterocycles. The van der Waals surface area contributed by atoms with E-state index in [2.05, 4.69) is 0 Å². The number of hydrogen-bond donors (Lipinski definition) is 1. The van der Waals surface area contributed by atoms with Gasteiger partial charge in [-0.2, -0.15) is 0 Å². The van der Waals surface area contributed by atoms with Gasteiger partial charge >= 0.3 is 5.97 Å². The van der Waals surface area contributed by atoms with Crippen molar-refractivity contribution in [3.63, 3.8) is 0 Å². The molecule has 0 radical (unpaired) electrons. The van der Waals surface area contributed by atoms with Gasteiger partial charge in [0.1, 0.15) is 0 Å². The SMILES string of the molecule is [2H]C([2H])(Cl)CCC(=O)O. The topological polar surface area (TPSA) is 37.3 Å². The highest BCUT2D eigenvalue weighted by Crippen LogP contribution is 1.89. The Labute approximate surface area is 49.9 Å². The third kappa shape index (κ3) is 5.76. The van der Waals surface area contributed by atoms with Crippen molar-refractivity contribution >= 4 is 17.6 Å². The summed E-state index contributed by atoms with van der Waals surface area (Å²) < 4.78 is 13.4. The molecular formula is C4H7ClO2. The van der Waals surface area contributed by atoms with E-state index in [4.69, 9.17) is 19.4 Å². The monoisotopic (exact) mass is 124 g/mol. The highest BCUT2D eigenvalue weighted by atomic mass is 35.5. The molecule has 0 bridgehead atoms. The van der Waals surface area contributed by atoms with Gasteiger partial charge in [-0.1, -0.05) is 0 Å². The minimum absolute atomic E-state index is 0.149. The Morgan fingerprint density at radius 2 is 2.57 bits per heavy atom. The summed E-state index contributed by atoms with van der Waals surface area (Å²) in [5.74, 6) is -2.90. The van der Waals surface area contributed by atoms with Crippen molar-refractivity contribution in [2.75, 3.05) is 5.83 Å². The van der Waals surface area contributed by atoms with Gasteiger partial charge in [0.2, 0.25) is 0 Å². The van der Waals surface area contributed by atoms with E-state index in [9.17, 15) is 4.79 Å². The predicted molar refractivity (Wildman–Crippen MR) is 27.6 cm³/mol. The van der Waals surface area contributed by atoms with Gasteiger partial charge in [-0.15, -0.1) is 11.6 Å². The molecule has 0 aliphatic rings. The summed E-state index contributed by atoms with van der Waals surface area (Å²) >= 11 is 5.05. The zero-order valence-electron chi connectivity index (χ0n) is 5.65. The molecule has 0 rings (SSSR count). The molecule has 0 saturated heterocycles. The number of carbonyl (C=O) groups is 1. The number of carboxylic acid groups (broad SMARTS) is 1. The van der Waals surface area contributed by atoms with Gasteiger partial charge in [0, 0.05) is 15.0 Å². The lowest BCUT2D eigenvalue weighted by Crippen LogP contribution is -1.93. The van der Waals surface area contributed by atoms with E-state index in [0.717, 1.165) is 0 Å². The van der Waals surface area contributed by atoms with E-state index >= 15 is 0 Å². The van der Waals surface area contributed by atoms with Gasteiger partial charge in [0.05, 0.1) is 0 Å². The van der Waals surface area contributed by atoms with Crippen LogP contribution in [0.1, 0.15) is 15.6 Å². The van der Waals surface area contributed by atoms with Gasteiger partial charge in [-0.3, -0.25) is 4.79 Å². The van der Waals surface area contributed by atoms with E-state index < -0.39 is 11.8 Å². The second-order valence-corrected chi connectivity index (χ2v) is 1.29. The number of hydrogen-bond acceptors (Lipinski definition) is 1.